The summed E-state index contributed by atoms with van der Waals surface area (Å²) in [6, 6.07) is 7.93. The average molecular weight is 464 g/mol. The molecule has 1 amide bonds. The van der Waals surface area contributed by atoms with Crippen molar-refractivity contribution in [1.29, 1.82) is 0 Å². The number of hydrogen-bond acceptors (Lipinski definition) is 6. The summed E-state index contributed by atoms with van der Waals surface area (Å²) in [6.45, 7) is 5.81. The second kappa shape index (κ2) is 9.86. The predicted octanol–water partition coefficient (Wildman–Crippen LogP) is 3.26. The largest absolute Gasteiger partial charge is 0.486 e. The van der Waals surface area contributed by atoms with Crippen LogP contribution in [0.5, 0.6) is 11.5 Å². The van der Waals surface area contributed by atoms with Crippen LogP contribution in [0.15, 0.2) is 36.5 Å². The van der Waals surface area contributed by atoms with E-state index in [1.165, 1.54) is 6.07 Å². The first kappa shape index (κ1) is 23.2. The van der Waals surface area contributed by atoms with E-state index in [4.69, 9.17) is 9.47 Å². The van der Waals surface area contributed by atoms with E-state index in [-0.39, 0.29) is 18.5 Å². The Kier molecular flexibility index (Phi) is 6.92. The zero-order valence-electron chi connectivity index (χ0n) is 18.4. The second-order valence-corrected chi connectivity index (χ2v) is 8.21. The Bertz CT molecular complexity index is 968. The van der Waals surface area contributed by atoms with Crippen molar-refractivity contribution < 1.29 is 27.4 Å². The molecule has 1 unspecified atom stereocenters. The van der Waals surface area contributed by atoms with Gasteiger partial charge in [0.2, 0.25) is 5.91 Å². The molecule has 1 aromatic carbocycles. The van der Waals surface area contributed by atoms with E-state index < -0.39 is 11.7 Å². The van der Waals surface area contributed by atoms with Gasteiger partial charge in [0.15, 0.2) is 11.5 Å². The molecule has 0 bridgehead atoms. The van der Waals surface area contributed by atoms with E-state index in [2.05, 4.69) is 15.2 Å². The summed E-state index contributed by atoms with van der Waals surface area (Å²) in [5, 5.41) is 3.02. The molecule has 1 N–H and O–H groups in total. The smallest absolute Gasteiger partial charge is 0.417 e. The predicted molar refractivity (Wildman–Crippen MR) is 116 cm³/mol. The lowest BCUT2D eigenvalue weighted by molar-refractivity contribution is -0.137. The number of alkyl halides is 3. The zero-order chi connectivity index (χ0) is 23.4. The van der Waals surface area contributed by atoms with Gasteiger partial charge in [-0.1, -0.05) is 6.07 Å². The van der Waals surface area contributed by atoms with Crippen molar-refractivity contribution in [3.05, 3.63) is 47.7 Å². The van der Waals surface area contributed by atoms with E-state index in [9.17, 15) is 18.0 Å². The number of ether oxygens (including phenoxy) is 2. The molecule has 2 aliphatic rings. The molecular weight excluding hydrogens is 437 g/mol. The Morgan fingerprint density at radius 2 is 1.88 bits per heavy atom. The van der Waals surface area contributed by atoms with E-state index in [1.807, 2.05) is 30.0 Å². The molecule has 0 spiro atoms. The standard InChI is InChI=1S/C23H27F3N4O3/c1-16(17-3-5-19-20(13-17)33-12-11-32-19)28-22(31)15-29-7-2-8-30(10-9-29)21-6-4-18(14-27-21)23(24,25)26/h3-6,13-14,16H,2,7-12,15H2,1H3,(H,28,31). The molecular formula is C23H27F3N4O3. The van der Waals surface area contributed by atoms with E-state index >= 15 is 0 Å². The average Bonchev–Trinajstić information content (AvgIpc) is 3.03. The van der Waals surface area contributed by atoms with Gasteiger partial charge in [0, 0.05) is 32.4 Å². The Balaban J connectivity index is 1.28. The van der Waals surface area contributed by atoms with Gasteiger partial charge < -0.3 is 19.7 Å². The topological polar surface area (TPSA) is 66.9 Å². The van der Waals surface area contributed by atoms with Gasteiger partial charge in [0.1, 0.15) is 19.0 Å². The molecule has 1 fully saturated rings. The number of pyridine rings is 1. The number of carbonyl (C=O) groups excluding carboxylic acids is 1. The van der Waals surface area contributed by atoms with Gasteiger partial charge >= 0.3 is 6.18 Å². The third-order valence-corrected chi connectivity index (χ3v) is 5.80. The van der Waals surface area contributed by atoms with Gasteiger partial charge in [-0.15, -0.1) is 0 Å². The first-order chi connectivity index (χ1) is 15.8. The molecule has 10 heteroatoms. The maximum atomic E-state index is 12.8. The molecule has 7 nitrogen and oxygen atoms in total. The Morgan fingerprint density at radius 3 is 2.61 bits per heavy atom. The first-order valence-corrected chi connectivity index (χ1v) is 11.0. The number of nitrogens with zero attached hydrogens (tertiary/aromatic N) is 3. The summed E-state index contributed by atoms with van der Waals surface area (Å²) >= 11 is 0. The number of halogens is 3. The Morgan fingerprint density at radius 1 is 1.09 bits per heavy atom. The zero-order valence-corrected chi connectivity index (χ0v) is 18.4. The van der Waals surface area contributed by atoms with Gasteiger partial charge in [-0.05, 0) is 43.2 Å². The first-order valence-electron chi connectivity index (χ1n) is 11.0. The van der Waals surface area contributed by atoms with Crippen LogP contribution in [0.1, 0.15) is 30.5 Å². The quantitative estimate of drug-likeness (QED) is 0.733. The van der Waals surface area contributed by atoms with Crippen molar-refractivity contribution in [2.45, 2.75) is 25.6 Å². The molecule has 4 rings (SSSR count). The highest BCUT2D eigenvalue weighted by molar-refractivity contribution is 5.78. The summed E-state index contributed by atoms with van der Waals surface area (Å²) in [5.41, 5.74) is 0.175. The normalized spacial score (nSPS) is 17.9. The molecule has 0 aliphatic carbocycles. The van der Waals surface area contributed by atoms with Crippen LogP contribution >= 0.6 is 0 Å². The fourth-order valence-corrected chi connectivity index (χ4v) is 4.00. The van der Waals surface area contributed by atoms with Crippen LogP contribution in [0.25, 0.3) is 0 Å². The van der Waals surface area contributed by atoms with Crippen molar-refractivity contribution in [1.82, 2.24) is 15.2 Å². The SMILES string of the molecule is CC(NC(=O)CN1CCCN(c2ccc(C(F)(F)F)cn2)CC1)c1ccc2c(c1)OCCO2. The second-order valence-electron chi connectivity index (χ2n) is 8.21. The van der Waals surface area contributed by atoms with Crippen molar-refractivity contribution >= 4 is 11.7 Å². The number of anilines is 1. The van der Waals surface area contributed by atoms with Gasteiger partial charge in [-0.2, -0.15) is 13.2 Å². The minimum Gasteiger partial charge on any atom is -0.486 e. The minimum absolute atomic E-state index is 0.0847. The third-order valence-electron chi connectivity index (χ3n) is 5.80. The van der Waals surface area contributed by atoms with E-state index in [0.717, 1.165) is 30.8 Å². The third kappa shape index (κ3) is 5.87. The number of carbonyl (C=O) groups is 1. The monoisotopic (exact) mass is 464 g/mol. The van der Waals surface area contributed by atoms with Gasteiger partial charge in [0.05, 0.1) is 18.2 Å². The number of hydrogen-bond donors (Lipinski definition) is 1. The molecule has 178 valence electrons. The Hall–Kier alpha value is -3.01. The van der Waals surface area contributed by atoms with Crippen molar-refractivity contribution in [3.8, 4) is 11.5 Å². The van der Waals surface area contributed by atoms with Crippen LogP contribution in [0.2, 0.25) is 0 Å². The lowest BCUT2D eigenvalue weighted by Gasteiger charge is -2.24. The Labute approximate surface area is 190 Å². The van der Waals surface area contributed by atoms with Gasteiger partial charge in [-0.25, -0.2) is 4.98 Å². The molecule has 1 atom stereocenters. The van der Waals surface area contributed by atoms with Crippen molar-refractivity contribution in [2.24, 2.45) is 0 Å². The van der Waals surface area contributed by atoms with Crippen LogP contribution in [-0.2, 0) is 11.0 Å². The molecule has 3 heterocycles. The molecule has 1 saturated heterocycles. The number of fused-ring (bicyclic) bond motifs is 1. The highest BCUT2D eigenvalue weighted by Crippen LogP contribution is 2.32. The van der Waals surface area contributed by atoms with Gasteiger partial charge in [-0.3, -0.25) is 9.69 Å². The van der Waals surface area contributed by atoms with E-state index in [0.29, 0.717) is 50.2 Å². The maximum absolute atomic E-state index is 12.8. The highest BCUT2D eigenvalue weighted by atomic mass is 19.4. The number of rotatable bonds is 5. The molecule has 1 aromatic heterocycles. The van der Waals surface area contributed by atoms with E-state index in [1.54, 1.807) is 0 Å². The maximum Gasteiger partial charge on any atom is 0.417 e. The summed E-state index contributed by atoms with van der Waals surface area (Å²) in [4.78, 5) is 20.6. The summed E-state index contributed by atoms with van der Waals surface area (Å²) < 4.78 is 49.4. The van der Waals surface area contributed by atoms with Crippen LogP contribution in [0.3, 0.4) is 0 Å². The van der Waals surface area contributed by atoms with Gasteiger partial charge in [0.25, 0.3) is 0 Å². The molecule has 0 radical (unpaired) electrons. The van der Waals surface area contributed by atoms with Crippen LogP contribution < -0.4 is 19.7 Å². The molecule has 0 saturated carbocycles. The number of nitrogens with one attached hydrogen (secondary N) is 1. The molecule has 2 aliphatic heterocycles. The van der Waals surface area contributed by atoms with Crippen molar-refractivity contribution in [3.63, 3.8) is 0 Å². The molecule has 33 heavy (non-hydrogen) atoms. The van der Waals surface area contributed by atoms with Crippen LogP contribution in [0, 0.1) is 0 Å². The highest BCUT2D eigenvalue weighted by Gasteiger charge is 2.31. The lowest BCUT2D eigenvalue weighted by atomic mass is 10.1. The fourth-order valence-electron chi connectivity index (χ4n) is 4.00. The fraction of sp³-hybridized carbons (Fsp3) is 0.478. The summed E-state index contributed by atoms with van der Waals surface area (Å²) in [7, 11) is 0. The minimum atomic E-state index is -4.40. The number of benzene rings is 1. The van der Waals surface area contributed by atoms with Crippen LogP contribution in [0.4, 0.5) is 19.0 Å². The molecule has 2 aromatic rings. The van der Waals surface area contributed by atoms with Crippen LogP contribution in [-0.4, -0.2) is 61.7 Å². The van der Waals surface area contributed by atoms with Crippen molar-refractivity contribution in [2.75, 3.05) is 50.8 Å². The summed E-state index contributed by atoms with van der Waals surface area (Å²) in [5.74, 6) is 1.82. The lowest BCUT2D eigenvalue weighted by Crippen LogP contribution is -2.40. The number of aromatic nitrogens is 1. The summed E-state index contributed by atoms with van der Waals surface area (Å²) in [6.07, 6.45) is -2.75. The number of amides is 1.